The number of nitrogens with zero attached hydrogens (tertiary/aromatic N) is 2. The summed E-state index contributed by atoms with van der Waals surface area (Å²) in [6.45, 7) is 4.84. The molecule has 0 radical (unpaired) electrons. The number of rotatable bonds is 7. The Morgan fingerprint density at radius 2 is 2.00 bits per heavy atom. The molecule has 1 amide bonds. The number of carbonyl (C=O) groups excluding carboxylic acids is 1. The molecule has 142 valence electrons. The molecule has 6 nitrogen and oxygen atoms in total. The lowest BCUT2D eigenvalue weighted by Crippen LogP contribution is -2.38. The molecular weight excluding hydrogens is 366 g/mol. The van der Waals surface area contributed by atoms with E-state index in [9.17, 15) is 4.79 Å². The van der Waals surface area contributed by atoms with Gasteiger partial charge in [0, 0.05) is 36.8 Å². The van der Waals surface area contributed by atoms with Gasteiger partial charge in [0.15, 0.2) is 0 Å². The molecule has 1 aromatic carbocycles. The number of ether oxygens (including phenoxy) is 2. The molecule has 0 spiro atoms. The molecule has 1 fully saturated rings. The van der Waals surface area contributed by atoms with Crippen LogP contribution in [0.5, 0.6) is 5.88 Å². The standard InChI is InChI=1S/C20H22ClN3O3/c21-17-4-1-16(2-5-17)3-7-19(25)23-18-6-8-20(22-15-18)27-14-11-24-9-12-26-13-10-24/h1-8,15H,9-14H2,(H,23,25)/b7-3+. The Balaban J connectivity index is 1.42. The fourth-order valence-corrected chi connectivity index (χ4v) is 2.70. The van der Waals surface area contributed by atoms with Crippen LogP contribution >= 0.6 is 11.6 Å². The lowest BCUT2D eigenvalue weighted by Gasteiger charge is -2.26. The number of nitrogens with one attached hydrogen (secondary N) is 1. The van der Waals surface area contributed by atoms with Crippen molar-refractivity contribution >= 4 is 29.3 Å². The fraction of sp³-hybridized carbons (Fsp3) is 0.300. The SMILES string of the molecule is O=C(/C=C/c1ccc(Cl)cc1)Nc1ccc(OCCN2CCOCC2)nc1. The van der Waals surface area contributed by atoms with E-state index in [4.69, 9.17) is 21.1 Å². The highest BCUT2D eigenvalue weighted by Crippen LogP contribution is 2.13. The number of hydrogen-bond donors (Lipinski definition) is 1. The molecule has 0 unspecified atom stereocenters. The third-order valence-corrected chi connectivity index (χ3v) is 4.31. The van der Waals surface area contributed by atoms with Crippen LogP contribution in [-0.2, 0) is 9.53 Å². The molecule has 3 rings (SSSR count). The summed E-state index contributed by atoms with van der Waals surface area (Å²) in [5.74, 6) is 0.311. The minimum atomic E-state index is -0.229. The van der Waals surface area contributed by atoms with Crippen molar-refractivity contribution in [3.8, 4) is 5.88 Å². The maximum atomic E-state index is 12.0. The van der Waals surface area contributed by atoms with E-state index in [1.54, 1.807) is 36.5 Å². The highest BCUT2D eigenvalue weighted by atomic mass is 35.5. The van der Waals surface area contributed by atoms with E-state index in [2.05, 4.69) is 15.2 Å². The van der Waals surface area contributed by atoms with Crippen LogP contribution in [0.3, 0.4) is 0 Å². The minimum absolute atomic E-state index is 0.229. The molecule has 0 aliphatic carbocycles. The zero-order valence-corrected chi connectivity index (χ0v) is 15.7. The molecule has 1 N–H and O–H groups in total. The summed E-state index contributed by atoms with van der Waals surface area (Å²) in [4.78, 5) is 18.5. The normalized spacial score (nSPS) is 15.0. The van der Waals surface area contributed by atoms with Crippen LogP contribution in [0.1, 0.15) is 5.56 Å². The molecular formula is C20H22ClN3O3. The summed E-state index contributed by atoms with van der Waals surface area (Å²) in [5, 5.41) is 3.43. The van der Waals surface area contributed by atoms with Gasteiger partial charge in [0.1, 0.15) is 6.61 Å². The Morgan fingerprint density at radius 1 is 1.22 bits per heavy atom. The summed E-state index contributed by atoms with van der Waals surface area (Å²) in [7, 11) is 0. The smallest absolute Gasteiger partial charge is 0.248 e. The Bertz CT molecular complexity index is 757. The first-order chi connectivity index (χ1) is 13.2. The molecule has 0 atom stereocenters. The number of hydrogen-bond acceptors (Lipinski definition) is 5. The number of aromatic nitrogens is 1. The summed E-state index contributed by atoms with van der Waals surface area (Å²) >= 11 is 5.84. The molecule has 0 saturated carbocycles. The van der Waals surface area contributed by atoms with Gasteiger partial charge in [-0.25, -0.2) is 4.98 Å². The van der Waals surface area contributed by atoms with Crippen LogP contribution in [-0.4, -0.2) is 55.2 Å². The molecule has 27 heavy (non-hydrogen) atoms. The van der Waals surface area contributed by atoms with Crippen LogP contribution < -0.4 is 10.1 Å². The van der Waals surface area contributed by atoms with Crippen molar-refractivity contribution in [1.29, 1.82) is 0 Å². The van der Waals surface area contributed by atoms with Crippen molar-refractivity contribution in [2.24, 2.45) is 0 Å². The van der Waals surface area contributed by atoms with E-state index in [0.717, 1.165) is 38.4 Å². The maximum absolute atomic E-state index is 12.0. The number of pyridine rings is 1. The molecule has 2 heterocycles. The molecule has 1 aliphatic rings. The molecule has 1 aromatic heterocycles. The summed E-state index contributed by atoms with van der Waals surface area (Å²) in [6.07, 6.45) is 4.77. The van der Waals surface area contributed by atoms with Crippen molar-refractivity contribution in [2.45, 2.75) is 0 Å². The highest BCUT2D eigenvalue weighted by Gasteiger charge is 2.09. The Kier molecular flexibility index (Phi) is 7.21. The summed E-state index contributed by atoms with van der Waals surface area (Å²) < 4.78 is 11.0. The van der Waals surface area contributed by atoms with Gasteiger partial charge in [-0.3, -0.25) is 9.69 Å². The minimum Gasteiger partial charge on any atom is -0.476 e. The molecule has 7 heteroatoms. The van der Waals surface area contributed by atoms with Gasteiger partial charge in [-0.05, 0) is 29.8 Å². The molecule has 1 aliphatic heterocycles. The summed E-state index contributed by atoms with van der Waals surface area (Å²) in [5.41, 5.74) is 1.51. The molecule has 2 aromatic rings. The quantitative estimate of drug-likeness (QED) is 0.739. The molecule has 1 saturated heterocycles. The second-order valence-electron chi connectivity index (χ2n) is 6.06. The van der Waals surface area contributed by atoms with Gasteiger partial charge in [-0.2, -0.15) is 0 Å². The average molecular weight is 388 g/mol. The average Bonchev–Trinajstić information content (AvgIpc) is 2.70. The van der Waals surface area contributed by atoms with Crippen LogP contribution in [0, 0.1) is 0 Å². The lowest BCUT2D eigenvalue weighted by atomic mass is 10.2. The van der Waals surface area contributed by atoms with E-state index in [0.29, 0.717) is 23.2 Å². The Morgan fingerprint density at radius 3 is 2.70 bits per heavy atom. The number of halogens is 1. The van der Waals surface area contributed by atoms with Gasteiger partial charge >= 0.3 is 0 Å². The second kappa shape index (κ2) is 10.1. The van der Waals surface area contributed by atoms with Crippen LogP contribution in [0.4, 0.5) is 5.69 Å². The van der Waals surface area contributed by atoms with Gasteiger partial charge in [0.05, 0.1) is 25.1 Å². The first-order valence-corrected chi connectivity index (χ1v) is 9.20. The van der Waals surface area contributed by atoms with Gasteiger partial charge in [-0.1, -0.05) is 23.7 Å². The maximum Gasteiger partial charge on any atom is 0.248 e. The van der Waals surface area contributed by atoms with Gasteiger partial charge < -0.3 is 14.8 Å². The van der Waals surface area contributed by atoms with E-state index in [1.165, 1.54) is 6.08 Å². The van der Waals surface area contributed by atoms with Crippen LogP contribution in [0.2, 0.25) is 5.02 Å². The second-order valence-corrected chi connectivity index (χ2v) is 6.50. The van der Waals surface area contributed by atoms with Crippen molar-refractivity contribution in [3.63, 3.8) is 0 Å². The molecule has 0 bridgehead atoms. The van der Waals surface area contributed by atoms with Gasteiger partial charge in [0.2, 0.25) is 11.8 Å². The van der Waals surface area contributed by atoms with Crippen LogP contribution in [0.15, 0.2) is 48.7 Å². The number of morpholine rings is 1. The first kappa shape index (κ1) is 19.4. The van der Waals surface area contributed by atoms with E-state index in [-0.39, 0.29) is 5.91 Å². The summed E-state index contributed by atoms with van der Waals surface area (Å²) in [6, 6.07) is 10.8. The third-order valence-electron chi connectivity index (χ3n) is 4.06. The number of anilines is 1. The monoisotopic (exact) mass is 387 g/mol. The van der Waals surface area contributed by atoms with Crippen molar-refractivity contribution in [2.75, 3.05) is 44.8 Å². The Hall–Kier alpha value is -2.41. The van der Waals surface area contributed by atoms with Crippen LogP contribution in [0.25, 0.3) is 6.08 Å². The predicted octanol–water partition coefficient (Wildman–Crippen LogP) is 3.10. The van der Waals surface area contributed by atoms with Crippen molar-refractivity contribution < 1.29 is 14.3 Å². The largest absolute Gasteiger partial charge is 0.476 e. The van der Waals surface area contributed by atoms with Crippen molar-refractivity contribution in [1.82, 2.24) is 9.88 Å². The number of carbonyl (C=O) groups is 1. The van der Waals surface area contributed by atoms with E-state index in [1.807, 2.05) is 12.1 Å². The van der Waals surface area contributed by atoms with Gasteiger partial charge in [0.25, 0.3) is 0 Å². The van der Waals surface area contributed by atoms with E-state index >= 15 is 0 Å². The topological polar surface area (TPSA) is 63.7 Å². The first-order valence-electron chi connectivity index (χ1n) is 8.83. The van der Waals surface area contributed by atoms with Gasteiger partial charge in [-0.15, -0.1) is 0 Å². The zero-order chi connectivity index (χ0) is 18.9. The predicted molar refractivity (Wildman–Crippen MR) is 106 cm³/mol. The highest BCUT2D eigenvalue weighted by molar-refractivity contribution is 6.30. The van der Waals surface area contributed by atoms with Crippen molar-refractivity contribution in [3.05, 3.63) is 59.3 Å². The van der Waals surface area contributed by atoms with E-state index < -0.39 is 0 Å². The lowest BCUT2D eigenvalue weighted by molar-refractivity contribution is -0.111. The number of amides is 1. The Labute approximate surface area is 163 Å². The zero-order valence-electron chi connectivity index (χ0n) is 14.9. The number of benzene rings is 1. The third kappa shape index (κ3) is 6.67. The fourth-order valence-electron chi connectivity index (χ4n) is 2.57.